The van der Waals surface area contributed by atoms with Crippen LogP contribution < -0.4 is 5.56 Å². The van der Waals surface area contributed by atoms with Gasteiger partial charge in [-0.15, -0.1) is 11.8 Å². The molecule has 1 aliphatic carbocycles. The zero-order chi connectivity index (χ0) is 15.8. The summed E-state index contributed by atoms with van der Waals surface area (Å²) in [6.45, 7) is 0. The normalized spacial score (nSPS) is 16.4. The number of aromatic amines is 1. The summed E-state index contributed by atoms with van der Waals surface area (Å²) in [7, 11) is 0. The first kappa shape index (κ1) is 14.1. The Bertz CT molecular complexity index is 982. The van der Waals surface area contributed by atoms with Gasteiger partial charge in [-0.25, -0.2) is 9.50 Å². The van der Waals surface area contributed by atoms with Crippen molar-refractivity contribution in [3.05, 3.63) is 69.3 Å². The fourth-order valence-corrected chi connectivity index (χ4v) is 4.28. The molecule has 0 amide bonds. The molecule has 2 aromatic heterocycles. The van der Waals surface area contributed by atoms with Crippen molar-refractivity contribution in [3.8, 4) is 6.07 Å². The molecule has 0 aliphatic heterocycles. The molecule has 3 aromatic rings. The highest BCUT2D eigenvalue weighted by molar-refractivity contribution is 7.98. The summed E-state index contributed by atoms with van der Waals surface area (Å²) in [5.74, 6) is 0.667. The van der Waals surface area contributed by atoms with Gasteiger partial charge in [-0.2, -0.15) is 5.26 Å². The van der Waals surface area contributed by atoms with Crippen molar-refractivity contribution in [2.24, 2.45) is 0 Å². The van der Waals surface area contributed by atoms with Gasteiger partial charge in [0.05, 0.1) is 5.69 Å². The van der Waals surface area contributed by atoms with E-state index in [-0.39, 0.29) is 5.56 Å². The molecule has 0 saturated heterocycles. The topological polar surface area (TPSA) is 73.9 Å². The first-order chi connectivity index (χ1) is 11.3. The van der Waals surface area contributed by atoms with E-state index in [1.165, 1.54) is 21.8 Å². The summed E-state index contributed by atoms with van der Waals surface area (Å²) in [5, 5.41) is 12.3. The van der Waals surface area contributed by atoms with Crippen molar-refractivity contribution in [2.45, 2.75) is 23.8 Å². The van der Waals surface area contributed by atoms with E-state index in [0.29, 0.717) is 22.2 Å². The number of rotatable bonds is 3. The molecule has 6 heteroatoms. The minimum absolute atomic E-state index is 0.182. The van der Waals surface area contributed by atoms with Crippen molar-refractivity contribution >= 4 is 17.4 Å². The SMILES string of the molecule is N#Cc1c[nH]n2c(=O)cc(CSC3CCc4ccccc43)nc12. The average molecular weight is 322 g/mol. The van der Waals surface area contributed by atoms with Crippen LogP contribution in [0.5, 0.6) is 0 Å². The second-order valence-corrected chi connectivity index (χ2v) is 6.77. The van der Waals surface area contributed by atoms with Gasteiger partial charge >= 0.3 is 0 Å². The van der Waals surface area contributed by atoms with E-state index < -0.39 is 0 Å². The number of benzene rings is 1. The first-order valence-electron chi connectivity index (χ1n) is 7.46. The Hall–Kier alpha value is -2.52. The third-order valence-electron chi connectivity index (χ3n) is 4.18. The number of nitriles is 1. The lowest BCUT2D eigenvalue weighted by molar-refractivity contribution is 0.880. The van der Waals surface area contributed by atoms with Crippen LogP contribution >= 0.6 is 11.8 Å². The molecule has 0 bridgehead atoms. The predicted octanol–water partition coefficient (Wildman–Crippen LogP) is 2.81. The second-order valence-electron chi connectivity index (χ2n) is 5.58. The molecular weight excluding hydrogens is 308 g/mol. The second kappa shape index (κ2) is 5.60. The van der Waals surface area contributed by atoms with Crippen LogP contribution in [-0.2, 0) is 12.2 Å². The molecule has 0 fully saturated rings. The van der Waals surface area contributed by atoms with Crippen molar-refractivity contribution in [1.29, 1.82) is 5.26 Å². The van der Waals surface area contributed by atoms with Gasteiger partial charge in [0.2, 0.25) is 0 Å². The zero-order valence-electron chi connectivity index (χ0n) is 12.3. The smallest absolute Gasteiger partial charge is 0.272 e. The van der Waals surface area contributed by atoms with E-state index in [4.69, 9.17) is 5.26 Å². The maximum Gasteiger partial charge on any atom is 0.272 e. The van der Waals surface area contributed by atoms with Gasteiger partial charge < -0.3 is 0 Å². The Labute approximate surface area is 137 Å². The molecule has 4 rings (SSSR count). The van der Waals surface area contributed by atoms with Gasteiger partial charge in [0, 0.05) is 23.3 Å². The molecule has 1 aromatic carbocycles. The van der Waals surface area contributed by atoms with Gasteiger partial charge in [0.25, 0.3) is 5.56 Å². The van der Waals surface area contributed by atoms with E-state index in [1.807, 2.05) is 11.8 Å². The lowest BCUT2D eigenvalue weighted by atomic mass is 10.1. The highest BCUT2D eigenvalue weighted by atomic mass is 32.2. The zero-order valence-corrected chi connectivity index (χ0v) is 13.1. The lowest BCUT2D eigenvalue weighted by Crippen LogP contribution is -2.15. The van der Waals surface area contributed by atoms with Crippen LogP contribution in [0.1, 0.15) is 34.1 Å². The molecule has 0 spiro atoms. The fraction of sp³-hybridized carbons (Fsp3) is 0.235. The number of thioether (sulfide) groups is 1. The number of nitrogens with one attached hydrogen (secondary N) is 1. The van der Waals surface area contributed by atoms with Crippen LogP contribution in [0.2, 0.25) is 0 Å². The van der Waals surface area contributed by atoms with Crippen LogP contribution in [0, 0.1) is 11.3 Å². The fourth-order valence-electron chi connectivity index (χ4n) is 3.06. The molecule has 1 aliphatic rings. The number of hydrogen-bond donors (Lipinski definition) is 1. The van der Waals surface area contributed by atoms with Crippen LogP contribution in [0.15, 0.2) is 41.3 Å². The van der Waals surface area contributed by atoms with Gasteiger partial charge in [-0.3, -0.25) is 9.89 Å². The molecule has 2 heterocycles. The Morgan fingerprint density at radius 2 is 2.30 bits per heavy atom. The summed E-state index contributed by atoms with van der Waals surface area (Å²) >= 11 is 1.81. The minimum atomic E-state index is -0.182. The first-order valence-corrected chi connectivity index (χ1v) is 8.50. The van der Waals surface area contributed by atoms with Crippen molar-refractivity contribution in [1.82, 2.24) is 14.6 Å². The lowest BCUT2D eigenvalue weighted by Gasteiger charge is -2.10. The van der Waals surface area contributed by atoms with Crippen LogP contribution in [0.25, 0.3) is 5.65 Å². The van der Waals surface area contributed by atoms with E-state index in [0.717, 1.165) is 18.5 Å². The Morgan fingerprint density at radius 1 is 1.43 bits per heavy atom. The maximum absolute atomic E-state index is 12.1. The van der Waals surface area contributed by atoms with Gasteiger partial charge in [-0.05, 0) is 24.0 Å². The Kier molecular flexibility index (Phi) is 3.43. The predicted molar refractivity (Wildman–Crippen MR) is 89.3 cm³/mol. The minimum Gasteiger partial charge on any atom is -0.295 e. The highest BCUT2D eigenvalue weighted by Gasteiger charge is 2.22. The number of H-pyrrole nitrogens is 1. The molecule has 0 saturated carbocycles. The summed E-state index contributed by atoms with van der Waals surface area (Å²) < 4.78 is 1.30. The van der Waals surface area contributed by atoms with Crippen LogP contribution in [-0.4, -0.2) is 14.6 Å². The number of aryl methyl sites for hydroxylation is 1. The molecule has 0 radical (unpaired) electrons. The van der Waals surface area contributed by atoms with E-state index in [1.54, 1.807) is 6.07 Å². The third-order valence-corrected chi connectivity index (χ3v) is 5.54. The van der Waals surface area contributed by atoms with E-state index >= 15 is 0 Å². The van der Waals surface area contributed by atoms with Crippen LogP contribution in [0.3, 0.4) is 0 Å². The molecule has 5 nitrogen and oxygen atoms in total. The van der Waals surface area contributed by atoms with Gasteiger partial charge in [-0.1, -0.05) is 24.3 Å². The van der Waals surface area contributed by atoms with Crippen molar-refractivity contribution in [2.75, 3.05) is 0 Å². The molecule has 1 unspecified atom stereocenters. The molecular formula is C17H14N4OS. The average Bonchev–Trinajstić information content (AvgIpc) is 3.17. The maximum atomic E-state index is 12.1. The monoisotopic (exact) mass is 322 g/mol. The van der Waals surface area contributed by atoms with Gasteiger partial charge in [0.1, 0.15) is 11.6 Å². The Balaban J connectivity index is 1.60. The molecule has 1 atom stereocenters. The standard InChI is InChI=1S/C17H14N4OS/c18-8-12-9-19-21-16(22)7-13(20-17(12)21)10-23-15-6-5-11-3-1-2-4-14(11)15/h1-4,7,9,15,19H,5-6,10H2. The highest BCUT2D eigenvalue weighted by Crippen LogP contribution is 2.42. The Morgan fingerprint density at radius 3 is 3.17 bits per heavy atom. The largest absolute Gasteiger partial charge is 0.295 e. The number of nitrogens with zero attached hydrogens (tertiary/aromatic N) is 3. The van der Waals surface area contributed by atoms with E-state index in [2.05, 4.69) is 40.4 Å². The number of hydrogen-bond acceptors (Lipinski definition) is 4. The van der Waals surface area contributed by atoms with Crippen molar-refractivity contribution in [3.63, 3.8) is 0 Å². The summed E-state index contributed by atoms with van der Waals surface area (Å²) in [5.41, 5.74) is 4.16. The third kappa shape index (κ3) is 2.43. The number of fused-ring (bicyclic) bond motifs is 2. The molecule has 23 heavy (non-hydrogen) atoms. The summed E-state index contributed by atoms with van der Waals surface area (Å²) in [4.78, 5) is 16.6. The number of aromatic nitrogens is 3. The summed E-state index contributed by atoms with van der Waals surface area (Å²) in [6.07, 6.45) is 3.74. The van der Waals surface area contributed by atoms with Crippen LogP contribution in [0.4, 0.5) is 0 Å². The van der Waals surface area contributed by atoms with Crippen molar-refractivity contribution < 1.29 is 0 Å². The molecule has 114 valence electrons. The van der Waals surface area contributed by atoms with E-state index in [9.17, 15) is 4.79 Å². The quantitative estimate of drug-likeness (QED) is 0.804. The van der Waals surface area contributed by atoms with Gasteiger partial charge in [0.15, 0.2) is 5.65 Å². The molecule has 1 N–H and O–H groups in total. The summed E-state index contributed by atoms with van der Waals surface area (Å²) in [6, 6.07) is 12.1.